The molecule has 9 nitrogen and oxygen atoms in total. The van der Waals surface area contributed by atoms with Crippen LogP contribution in [0.4, 0.5) is 11.4 Å². The molecule has 0 atom stereocenters. The number of nitro groups is 1. The van der Waals surface area contributed by atoms with Gasteiger partial charge in [-0.05, 0) is 35.9 Å². The van der Waals surface area contributed by atoms with Crippen LogP contribution in [0.3, 0.4) is 0 Å². The highest BCUT2D eigenvalue weighted by Crippen LogP contribution is 2.15. The zero-order valence-corrected chi connectivity index (χ0v) is 14.8. The molecule has 0 fully saturated rings. The number of nitrogens with zero attached hydrogens (tertiary/aromatic N) is 2. The molecule has 4 N–H and O–H groups in total. The van der Waals surface area contributed by atoms with E-state index in [0.717, 1.165) is 5.69 Å². The van der Waals surface area contributed by atoms with Crippen molar-refractivity contribution in [2.45, 2.75) is 0 Å². The number of carbonyl (C=O) groups excluding carboxylic acids is 2. The van der Waals surface area contributed by atoms with Gasteiger partial charge in [0, 0.05) is 37.5 Å². The molecule has 0 bridgehead atoms. The Morgan fingerprint density at radius 1 is 1.07 bits per heavy atom. The molecule has 9 heteroatoms. The summed E-state index contributed by atoms with van der Waals surface area (Å²) < 4.78 is 0. The number of hydrogen-bond acceptors (Lipinski definition) is 6. The van der Waals surface area contributed by atoms with Crippen LogP contribution in [0.1, 0.15) is 15.9 Å². The zero-order chi connectivity index (χ0) is 20.0. The molecule has 2 amide bonds. The summed E-state index contributed by atoms with van der Waals surface area (Å²) in [5.74, 6) is 3.91. The maximum absolute atomic E-state index is 12.3. The predicted octanol–water partition coefficient (Wildman–Crippen LogP) is 1.42. The number of nitrogens with one attached hydrogen (secondary N) is 2. The molecular formula is C18H19N5O4. The molecule has 0 heterocycles. The number of nitro benzene ring substituents is 1. The summed E-state index contributed by atoms with van der Waals surface area (Å²) in [6.07, 6.45) is 1.48. The first-order chi connectivity index (χ1) is 12.8. The summed E-state index contributed by atoms with van der Waals surface area (Å²) in [4.78, 5) is 36.4. The van der Waals surface area contributed by atoms with Gasteiger partial charge < -0.3 is 10.2 Å². The van der Waals surface area contributed by atoms with Gasteiger partial charge in [-0.25, -0.2) is 5.84 Å². The molecule has 0 spiro atoms. The first kappa shape index (κ1) is 19.6. The second kappa shape index (κ2) is 8.59. The van der Waals surface area contributed by atoms with Crippen molar-refractivity contribution in [2.24, 2.45) is 5.84 Å². The molecule has 2 rings (SSSR count). The van der Waals surface area contributed by atoms with Gasteiger partial charge in [0.05, 0.1) is 4.92 Å². The summed E-state index contributed by atoms with van der Waals surface area (Å²) in [7, 11) is 3.81. The molecule has 27 heavy (non-hydrogen) atoms. The fraction of sp³-hybridized carbons (Fsp3) is 0.111. The summed E-state index contributed by atoms with van der Waals surface area (Å²) in [5.41, 5.74) is 3.61. The molecule has 0 radical (unpaired) electrons. The first-order valence-corrected chi connectivity index (χ1v) is 7.87. The van der Waals surface area contributed by atoms with Crippen LogP contribution in [0.2, 0.25) is 0 Å². The molecule has 2 aromatic carbocycles. The lowest BCUT2D eigenvalue weighted by Gasteiger charge is -2.12. The molecule has 0 saturated carbocycles. The van der Waals surface area contributed by atoms with Crippen molar-refractivity contribution in [3.05, 3.63) is 75.5 Å². The van der Waals surface area contributed by atoms with E-state index in [4.69, 9.17) is 5.84 Å². The molecule has 0 unspecified atom stereocenters. The zero-order valence-electron chi connectivity index (χ0n) is 14.8. The van der Waals surface area contributed by atoms with Gasteiger partial charge in [-0.3, -0.25) is 25.1 Å². The van der Waals surface area contributed by atoms with E-state index in [-0.39, 0.29) is 16.9 Å². The van der Waals surface area contributed by atoms with Crippen LogP contribution in [0.15, 0.2) is 54.2 Å². The van der Waals surface area contributed by atoms with Crippen molar-refractivity contribution in [3.8, 4) is 0 Å². The van der Waals surface area contributed by atoms with Crippen LogP contribution in [0, 0.1) is 10.1 Å². The van der Waals surface area contributed by atoms with Crippen molar-refractivity contribution < 1.29 is 14.5 Å². The molecular weight excluding hydrogens is 350 g/mol. The second-order valence-electron chi connectivity index (χ2n) is 5.78. The Morgan fingerprint density at radius 2 is 1.67 bits per heavy atom. The normalized spacial score (nSPS) is 10.9. The van der Waals surface area contributed by atoms with E-state index in [0.29, 0.717) is 5.56 Å². The minimum atomic E-state index is -0.679. The number of carbonyl (C=O) groups is 2. The van der Waals surface area contributed by atoms with Gasteiger partial charge >= 0.3 is 0 Å². The monoisotopic (exact) mass is 369 g/mol. The maximum Gasteiger partial charge on any atom is 0.281 e. The summed E-state index contributed by atoms with van der Waals surface area (Å²) >= 11 is 0. The van der Waals surface area contributed by atoms with Gasteiger partial charge in [-0.1, -0.05) is 12.1 Å². The topological polar surface area (TPSA) is 131 Å². The van der Waals surface area contributed by atoms with E-state index in [1.807, 2.05) is 36.6 Å². The summed E-state index contributed by atoms with van der Waals surface area (Å²) in [6, 6.07) is 12.3. The third kappa shape index (κ3) is 5.13. The van der Waals surface area contributed by atoms with E-state index < -0.39 is 16.7 Å². The van der Waals surface area contributed by atoms with E-state index >= 15 is 0 Å². The van der Waals surface area contributed by atoms with E-state index in [1.165, 1.54) is 30.3 Å². The lowest BCUT2D eigenvalue weighted by Crippen LogP contribution is -2.38. The number of anilines is 1. The van der Waals surface area contributed by atoms with Crippen LogP contribution in [-0.4, -0.2) is 30.8 Å². The van der Waals surface area contributed by atoms with Crippen molar-refractivity contribution in [1.29, 1.82) is 0 Å². The minimum Gasteiger partial charge on any atom is -0.378 e. The maximum atomic E-state index is 12.3. The molecule has 0 saturated heterocycles. The van der Waals surface area contributed by atoms with Gasteiger partial charge in [0.25, 0.3) is 17.5 Å². The Hall–Kier alpha value is -3.72. The van der Waals surface area contributed by atoms with Crippen LogP contribution >= 0.6 is 0 Å². The summed E-state index contributed by atoms with van der Waals surface area (Å²) in [5, 5.41) is 13.2. The van der Waals surface area contributed by atoms with Gasteiger partial charge in [0.1, 0.15) is 5.70 Å². The van der Waals surface area contributed by atoms with Crippen molar-refractivity contribution in [3.63, 3.8) is 0 Å². The Morgan fingerprint density at radius 3 is 2.15 bits per heavy atom. The van der Waals surface area contributed by atoms with Crippen molar-refractivity contribution in [1.82, 2.24) is 10.7 Å². The minimum absolute atomic E-state index is 0.0570. The Bertz CT molecular complexity index is 874. The van der Waals surface area contributed by atoms with Crippen LogP contribution in [0.25, 0.3) is 6.08 Å². The van der Waals surface area contributed by atoms with Crippen molar-refractivity contribution >= 4 is 29.3 Å². The lowest BCUT2D eigenvalue weighted by atomic mass is 10.1. The highest BCUT2D eigenvalue weighted by atomic mass is 16.6. The smallest absolute Gasteiger partial charge is 0.281 e. The molecule has 0 aliphatic rings. The van der Waals surface area contributed by atoms with Crippen molar-refractivity contribution in [2.75, 3.05) is 19.0 Å². The van der Waals surface area contributed by atoms with Gasteiger partial charge in [-0.2, -0.15) is 0 Å². The largest absolute Gasteiger partial charge is 0.378 e. The lowest BCUT2D eigenvalue weighted by molar-refractivity contribution is -0.384. The molecule has 0 aliphatic heterocycles. The Kier molecular flexibility index (Phi) is 6.23. The second-order valence-corrected chi connectivity index (χ2v) is 5.78. The van der Waals surface area contributed by atoms with Crippen LogP contribution in [0.5, 0.6) is 0 Å². The molecule has 140 valence electrons. The number of amides is 2. The fourth-order valence-corrected chi connectivity index (χ4v) is 2.20. The first-order valence-electron chi connectivity index (χ1n) is 7.87. The standard InChI is InChI=1S/C18H19N5O4/c1-22(2)14-7-3-12(4-8-14)11-16(18(25)21-19)20-17(24)13-5-9-15(10-6-13)23(26)27/h3-11H,19H2,1-2H3,(H,20,24)(H,21,25). The number of benzene rings is 2. The van der Waals surface area contributed by atoms with Gasteiger partial charge in [0.2, 0.25) is 0 Å². The molecule has 2 aromatic rings. The number of non-ortho nitro benzene ring substituents is 1. The number of hydrazine groups is 1. The Balaban J connectivity index is 2.24. The van der Waals surface area contributed by atoms with E-state index in [2.05, 4.69) is 5.32 Å². The highest BCUT2D eigenvalue weighted by Gasteiger charge is 2.15. The van der Waals surface area contributed by atoms with Gasteiger partial charge in [0.15, 0.2) is 0 Å². The average molecular weight is 369 g/mol. The third-order valence-electron chi connectivity index (χ3n) is 3.68. The number of rotatable bonds is 6. The number of nitrogens with two attached hydrogens (primary N) is 1. The molecule has 0 aliphatic carbocycles. The van der Waals surface area contributed by atoms with E-state index in [1.54, 1.807) is 12.1 Å². The number of hydrogen-bond donors (Lipinski definition) is 3. The third-order valence-corrected chi connectivity index (χ3v) is 3.68. The van der Waals surface area contributed by atoms with Crippen LogP contribution in [-0.2, 0) is 4.79 Å². The predicted molar refractivity (Wildman–Crippen MR) is 102 cm³/mol. The quantitative estimate of drug-likeness (QED) is 0.232. The average Bonchev–Trinajstić information content (AvgIpc) is 2.67. The molecule has 0 aromatic heterocycles. The fourth-order valence-electron chi connectivity index (χ4n) is 2.20. The SMILES string of the molecule is CN(C)c1ccc(C=C(NC(=O)c2ccc([N+](=O)[O-])cc2)C(=O)NN)cc1. The van der Waals surface area contributed by atoms with Gasteiger partial charge in [-0.15, -0.1) is 0 Å². The highest BCUT2D eigenvalue weighted by molar-refractivity contribution is 6.05. The van der Waals surface area contributed by atoms with E-state index in [9.17, 15) is 19.7 Å². The van der Waals surface area contributed by atoms with Crippen LogP contribution < -0.4 is 21.5 Å². The summed E-state index contributed by atoms with van der Waals surface area (Å²) in [6.45, 7) is 0. The Labute approximate surface area is 155 Å².